The highest BCUT2D eigenvalue weighted by Gasteiger charge is 2.18. The van der Waals surface area contributed by atoms with Crippen LogP contribution in [0.1, 0.15) is 15.9 Å². The number of anilines is 1. The predicted molar refractivity (Wildman–Crippen MR) is 98.0 cm³/mol. The maximum Gasteiger partial charge on any atom is 0.256 e. The number of nitrogens with one attached hydrogen (secondary N) is 1. The second-order valence-electron chi connectivity index (χ2n) is 6.58. The molecule has 0 aliphatic carbocycles. The highest BCUT2D eigenvalue weighted by Crippen LogP contribution is 2.20. The quantitative estimate of drug-likeness (QED) is 0.577. The third kappa shape index (κ3) is 3.58. The zero-order valence-corrected chi connectivity index (χ0v) is 15.2. The van der Waals surface area contributed by atoms with Gasteiger partial charge in [0, 0.05) is 31.9 Å². The Kier molecular flexibility index (Phi) is 4.78. The van der Waals surface area contributed by atoms with E-state index in [0.717, 1.165) is 6.20 Å². The van der Waals surface area contributed by atoms with Gasteiger partial charge in [0.15, 0.2) is 5.65 Å². The largest absolute Gasteiger partial charge is 0.475 e. The van der Waals surface area contributed by atoms with E-state index in [2.05, 4.69) is 20.4 Å². The number of likely N-dealkylation sites (N-methyl/N-ethyl adjacent to an activating group) is 1. The van der Waals surface area contributed by atoms with Gasteiger partial charge in [-0.3, -0.25) is 4.79 Å². The molecule has 0 saturated carbocycles. The summed E-state index contributed by atoms with van der Waals surface area (Å²) in [6.45, 7) is 0.409. The van der Waals surface area contributed by atoms with Crippen molar-refractivity contribution in [3.8, 4) is 5.88 Å². The molecule has 28 heavy (non-hydrogen) atoms. The van der Waals surface area contributed by atoms with Gasteiger partial charge in [-0.25, -0.2) is 18.9 Å². The van der Waals surface area contributed by atoms with Gasteiger partial charge in [-0.1, -0.05) is 0 Å². The molecule has 0 radical (unpaired) electrons. The fourth-order valence-electron chi connectivity index (χ4n) is 2.95. The van der Waals surface area contributed by atoms with Crippen molar-refractivity contribution in [2.24, 2.45) is 0 Å². The summed E-state index contributed by atoms with van der Waals surface area (Å²) < 4.78 is 20.7. The number of aliphatic hydroxyl groups is 1. The summed E-state index contributed by atoms with van der Waals surface area (Å²) >= 11 is 0. The van der Waals surface area contributed by atoms with E-state index >= 15 is 0 Å². The molecule has 1 aliphatic rings. The molecule has 10 heteroatoms. The smallest absolute Gasteiger partial charge is 0.256 e. The van der Waals surface area contributed by atoms with Crippen LogP contribution in [0.25, 0.3) is 5.65 Å². The zero-order chi connectivity index (χ0) is 19.7. The van der Waals surface area contributed by atoms with Crippen LogP contribution in [0.3, 0.4) is 0 Å². The Morgan fingerprint density at radius 3 is 3.11 bits per heavy atom. The number of nitrogens with zero attached hydrogens (tertiary/aromatic N) is 5. The Balaban J connectivity index is 1.71. The van der Waals surface area contributed by atoms with Crippen LogP contribution in [0.2, 0.25) is 0 Å². The number of amides is 1. The number of carbonyl (C=O) groups is 1. The molecule has 4 heterocycles. The highest BCUT2D eigenvalue weighted by atomic mass is 19.1. The standard InChI is InChI=1S/C18H19FN6O3/c1-24-4-2-11-6-12(19)7-21-18(11)28-10-13(26)8-20-17(27)14-9-22-25-5-3-15(24)23-16(14)25/h3,5-7,9,13,26H,2,4,8,10H2,1H3,(H,20,27). The molecule has 1 amide bonds. The van der Waals surface area contributed by atoms with Crippen LogP contribution in [0.15, 0.2) is 30.7 Å². The average molecular weight is 386 g/mol. The number of pyridine rings is 1. The highest BCUT2D eigenvalue weighted by molar-refractivity contribution is 5.99. The van der Waals surface area contributed by atoms with Crippen molar-refractivity contribution < 1.29 is 19.0 Å². The predicted octanol–water partition coefficient (Wildman–Crippen LogP) is 0.425. The normalized spacial score (nSPS) is 18.2. The molecular formula is C18H19FN6O3. The van der Waals surface area contributed by atoms with Crippen molar-refractivity contribution >= 4 is 17.4 Å². The first-order chi connectivity index (χ1) is 13.5. The van der Waals surface area contributed by atoms with E-state index in [1.54, 1.807) is 12.3 Å². The van der Waals surface area contributed by atoms with Gasteiger partial charge in [0.05, 0.1) is 12.4 Å². The lowest BCUT2D eigenvalue weighted by Gasteiger charge is -2.19. The molecule has 2 N–H and O–H groups in total. The molecule has 1 aliphatic heterocycles. The molecule has 0 fully saturated rings. The van der Waals surface area contributed by atoms with Crippen molar-refractivity contribution in [1.29, 1.82) is 0 Å². The van der Waals surface area contributed by atoms with Crippen molar-refractivity contribution in [2.45, 2.75) is 12.5 Å². The first-order valence-electron chi connectivity index (χ1n) is 8.80. The number of fused-ring (bicyclic) bond motifs is 2. The second-order valence-corrected chi connectivity index (χ2v) is 6.58. The second kappa shape index (κ2) is 7.39. The van der Waals surface area contributed by atoms with Crippen LogP contribution in [-0.4, -0.2) is 63.4 Å². The molecule has 3 aromatic heterocycles. The molecule has 1 atom stereocenters. The summed E-state index contributed by atoms with van der Waals surface area (Å²) in [5.74, 6) is 0.0508. The van der Waals surface area contributed by atoms with E-state index in [4.69, 9.17) is 4.74 Å². The maximum atomic E-state index is 13.7. The van der Waals surface area contributed by atoms with Gasteiger partial charge in [-0.15, -0.1) is 0 Å². The van der Waals surface area contributed by atoms with E-state index in [9.17, 15) is 14.3 Å². The van der Waals surface area contributed by atoms with Gasteiger partial charge in [-0.05, 0) is 18.6 Å². The summed E-state index contributed by atoms with van der Waals surface area (Å²) in [6.07, 6.45) is 3.73. The molecule has 4 rings (SSSR count). The molecule has 0 spiro atoms. The summed E-state index contributed by atoms with van der Waals surface area (Å²) in [5, 5.41) is 16.9. The van der Waals surface area contributed by atoms with E-state index in [1.165, 1.54) is 16.8 Å². The third-order valence-electron chi connectivity index (χ3n) is 4.51. The molecule has 0 aromatic carbocycles. The van der Waals surface area contributed by atoms with Crippen LogP contribution in [0.4, 0.5) is 10.2 Å². The van der Waals surface area contributed by atoms with Crippen LogP contribution in [-0.2, 0) is 6.42 Å². The molecule has 2 bridgehead atoms. The first kappa shape index (κ1) is 18.1. The minimum atomic E-state index is -0.957. The van der Waals surface area contributed by atoms with Crippen LogP contribution in [0.5, 0.6) is 5.88 Å². The van der Waals surface area contributed by atoms with Crippen LogP contribution in [0, 0.1) is 5.82 Å². The summed E-state index contributed by atoms with van der Waals surface area (Å²) in [4.78, 5) is 22.9. The number of hydrogen-bond acceptors (Lipinski definition) is 7. The fourth-order valence-corrected chi connectivity index (χ4v) is 2.95. The first-order valence-corrected chi connectivity index (χ1v) is 8.80. The molecule has 0 saturated heterocycles. The lowest BCUT2D eigenvalue weighted by atomic mass is 10.2. The SMILES string of the molecule is CN1CCc2cc(F)cnc2OCC(O)CNC(=O)c2cnn3ccc1nc23. The maximum absolute atomic E-state index is 13.7. The fraction of sp³-hybridized carbons (Fsp3) is 0.333. The Morgan fingerprint density at radius 1 is 1.39 bits per heavy atom. The molecule has 9 nitrogen and oxygen atoms in total. The molecule has 146 valence electrons. The number of carbonyl (C=O) groups excluding carboxylic acids is 1. The summed E-state index contributed by atoms with van der Waals surface area (Å²) in [6, 6.07) is 3.15. The summed E-state index contributed by atoms with van der Waals surface area (Å²) in [7, 11) is 1.85. The number of rotatable bonds is 0. The van der Waals surface area contributed by atoms with Crippen molar-refractivity contribution in [1.82, 2.24) is 24.9 Å². The van der Waals surface area contributed by atoms with E-state index in [0.29, 0.717) is 35.6 Å². The zero-order valence-electron chi connectivity index (χ0n) is 15.2. The van der Waals surface area contributed by atoms with E-state index in [1.807, 2.05) is 11.9 Å². The van der Waals surface area contributed by atoms with Gasteiger partial charge in [0.25, 0.3) is 5.91 Å². The Morgan fingerprint density at radius 2 is 2.25 bits per heavy atom. The van der Waals surface area contributed by atoms with Crippen molar-refractivity contribution in [3.63, 3.8) is 0 Å². The number of aromatic nitrogens is 4. The topological polar surface area (TPSA) is 105 Å². The average Bonchev–Trinajstić information content (AvgIpc) is 3.12. The number of hydrogen-bond donors (Lipinski definition) is 2. The number of halogens is 1. The van der Waals surface area contributed by atoms with Crippen molar-refractivity contribution in [2.75, 3.05) is 31.6 Å². The van der Waals surface area contributed by atoms with Gasteiger partial charge in [-0.2, -0.15) is 5.10 Å². The number of ether oxygens (including phenoxy) is 1. The number of aliphatic hydroxyl groups excluding tert-OH is 1. The Bertz CT molecular complexity index is 1020. The van der Waals surface area contributed by atoms with Gasteiger partial charge in [0.1, 0.15) is 29.9 Å². The third-order valence-corrected chi connectivity index (χ3v) is 4.51. The summed E-state index contributed by atoms with van der Waals surface area (Å²) in [5.41, 5.74) is 1.31. The number of β-amino-alcohol motifs (C(OH)–C–C–N with tert-alkyl or cyclic N) is 1. The molecular weight excluding hydrogens is 367 g/mol. The minimum absolute atomic E-state index is 0.0215. The van der Waals surface area contributed by atoms with Crippen molar-refractivity contribution in [3.05, 3.63) is 47.7 Å². The molecule has 1 unspecified atom stereocenters. The van der Waals surface area contributed by atoms with E-state index < -0.39 is 17.8 Å². The van der Waals surface area contributed by atoms with E-state index in [-0.39, 0.29) is 19.0 Å². The monoisotopic (exact) mass is 386 g/mol. The Labute approximate surface area is 159 Å². The Hall–Kier alpha value is -3.27. The lowest BCUT2D eigenvalue weighted by molar-refractivity contribution is 0.0836. The van der Waals surface area contributed by atoms with Gasteiger partial charge >= 0.3 is 0 Å². The lowest BCUT2D eigenvalue weighted by Crippen LogP contribution is -2.35. The van der Waals surface area contributed by atoms with Crippen LogP contribution >= 0.6 is 0 Å². The molecule has 3 aromatic rings. The minimum Gasteiger partial charge on any atom is -0.475 e. The van der Waals surface area contributed by atoms with Crippen LogP contribution < -0.4 is 15.0 Å². The van der Waals surface area contributed by atoms with Gasteiger partial charge < -0.3 is 20.1 Å². The van der Waals surface area contributed by atoms with Gasteiger partial charge in [0.2, 0.25) is 5.88 Å².